The Balaban J connectivity index is 1.42. The van der Waals surface area contributed by atoms with Crippen LogP contribution < -0.4 is 14.2 Å². The molecule has 0 aliphatic heterocycles. The molecule has 0 N–H and O–H groups in total. The van der Waals surface area contributed by atoms with Gasteiger partial charge in [-0.05, 0) is 65.7 Å². The average molecular weight is 549 g/mol. The zero-order valence-electron chi connectivity index (χ0n) is 21.8. The van der Waals surface area contributed by atoms with E-state index in [4.69, 9.17) is 18.9 Å². The van der Waals surface area contributed by atoms with Crippen LogP contribution in [0.4, 0.5) is 4.39 Å². The van der Waals surface area contributed by atoms with Crippen molar-refractivity contribution in [1.82, 2.24) is 0 Å². The summed E-state index contributed by atoms with van der Waals surface area (Å²) in [5, 5.41) is 0. The Kier molecular flexibility index (Phi) is 11.6. The molecule has 0 radical (unpaired) electrons. The van der Waals surface area contributed by atoms with E-state index in [1.165, 1.54) is 6.08 Å². The second kappa shape index (κ2) is 15.6. The largest absolute Gasteiger partial charge is 0.494 e. The first-order valence-corrected chi connectivity index (χ1v) is 12.4. The predicted octanol–water partition coefficient (Wildman–Crippen LogP) is 5.52. The van der Waals surface area contributed by atoms with E-state index in [-0.39, 0.29) is 25.6 Å². The number of rotatable bonds is 16. The van der Waals surface area contributed by atoms with Crippen LogP contribution in [0.5, 0.6) is 17.2 Å². The molecule has 0 amide bonds. The van der Waals surface area contributed by atoms with Crippen molar-refractivity contribution in [2.75, 3.05) is 33.0 Å². The summed E-state index contributed by atoms with van der Waals surface area (Å²) in [5.41, 5.74) is 2.20. The van der Waals surface area contributed by atoms with Crippen LogP contribution in [0.2, 0.25) is 0 Å². The molecular weight excluding hydrogens is 519 g/mol. The summed E-state index contributed by atoms with van der Waals surface area (Å²) in [6.07, 6.45) is 1.83. The third kappa shape index (κ3) is 9.85. The molecule has 208 valence electrons. The van der Waals surface area contributed by atoms with Crippen molar-refractivity contribution in [2.24, 2.45) is 0 Å². The second-order valence-corrected chi connectivity index (χ2v) is 8.28. The van der Waals surface area contributed by atoms with Gasteiger partial charge in [-0.15, -0.1) is 0 Å². The summed E-state index contributed by atoms with van der Waals surface area (Å²) in [6, 6.07) is 20.9. The summed E-state index contributed by atoms with van der Waals surface area (Å²) in [6.45, 7) is 7.03. The smallest absolute Gasteiger partial charge is 0.366 e. The monoisotopic (exact) mass is 548 g/mol. The Bertz CT molecular complexity index is 1300. The number of ketones is 1. The van der Waals surface area contributed by atoms with Crippen LogP contribution in [0.25, 0.3) is 11.1 Å². The fraction of sp³-hybridized carbons (Fsp3) is 0.194. The summed E-state index contributed by atoms with van der Waals surface area (Å²) < 4.78 is 39.0. The maximum Gasteiger partial charge on any atom is 0.366 e. The second-order valence-electron chi connectivity index (χ2n) is 8.28. The van der Waals surface area contributed by atoms with Gasteiger partial charge in [0.1, 0.15) is 37.1 Å². The van der Waals surface area contributed by atoms with E-state index in [9.17, 15) is 18.8 Å². The Morgan fingerprint density at radius 2 is 1.27 bits per heavy atom. The van der Waals surface area contributed by atoms with Gasteiger partial charge in [0.25, 0.3) is 0 Å². The van der Waals surface area contributed by atoms with E-state index in [1.807, 2.05) is 24.3 Å². The van der Waals surface area contributed by atoms with E-state index in [1.54, 1.807) is 48.5 Å². The molecule has 8 nitrogen and oxygen atoms in total. The summed E-state index contributed by atoms with van der Waals surface area (Å²) >= 11 is 0. The van der Waals surface area contributed by atoms with Gasteiger partial charge in [-0.25, -0.2) is 9.59 Å². The predicted molar refractivity (Wildman–Crippen MR) is 146 cm³/mol. The molecule has 3 aromatic rings. The first kappa shape index (κ1) is 29.8. The number of halogens is 1. The maximum absolute atomic E-state index is 12.6. The van der Waals surface area contributed by atoms with Crippen molar-refractivity contribution in [1.29, 1.82) is 0 Å². The van der Waals surface area contributed by atoms with Gasteiger partial charge in [0.15, 0.2) is 5.78 Å². The fourth-order valence-corrected chi connectivity index (χ4v) is 3.27. The van der Waals surface area contributed by atoms with Crippen LogP contribution >= 0.6 is 0 Å². The molecule has 9 heteroatoms. The Hall–Kier alpha value is -4.76. The highest BCUT2D eigenvalue weighted by Crippen LogP contribution is 2.25. The lowest BCUT2D eigenvalue weighted by molar-refractivity contribution is -0.141. The highest BCUT2D eigenvalue weighted by molar-refractivity contribution is 5.91. The molecule has 0 bridgehead atoms. The Labute approximate surface area is 231 Å². The number of hydrogen-bond donors (Lipinski definition) is 0. The van der Waals surface area contributed by atoms with Gasteiger partial charge in [-0.3, -0.25) is 4.79 Å². The molecule has 0 aromatic heterocycles. The zero-order valence-corrected chi connectivity index (χ0v) is 21.8. The van der Waals surface area contributed by atoms with Gasteiger partial charge in [0, 0.05) is 6.42 Å². The molecule has 0 aliphatic rings. The first-order chi connectivity index (χ1) is 19.4. The number of carbonyl (C=O) groups is 3. The number of ether oxygens (including phenoxy) is 5. The van der Waals surface area contributed by atoms with E-state index >= 15 is 0 Å². The van der Waals surface area contributed by atoms with Crippen molar-refractivity contribution >= 4 is 17.7 Å². The average Bonchev–Trinajstić information content (AvgIpc) is 2.97. The van der Waals surface area contributed by atoms with Gasteiger partial charge in [-0.2, -0.15) is 4.39 Å². The molecule has 0 aliphatic carbocycles. The lowest BCUT2D eigenvalue weighted by Crippen LogP contribution is -2.12. The van der Waals surface area contributed by atoms with Crippen molar-refractivity contribution in [3.05, 3.63) is 103 Å². The van der Waals surface area contributed by atoms with E-state index in [2.05, 4.69) is 17.9 Å². The zero-order chi connectivity index (χ0) is 28.7. The third-order valence-corrected chi connectivity index (χ3v) is 5.32. The van der Waals surface area contributed by atoms with E-state index in [0.29, 0.717) is 42.4 Å². The quantitative estimate of drug-likeness (QED) is 0.1000. The number of esters is 2. The van der Waals surface area contributed by atoms with Crippen LogP contribution in [0, 0.1) is 0 Å². The lowest BCUT2D eigenvalue weighted by Gasteiger charge is -2.09. The van der Waals surface area contributed by atoms with Gasteiger partial charge in [-0.1, -0.05) is 37.4 Å². The van der Waals surface area contributed by atoms with Crippen molar-refractivity contribution in [2.45, 2.75) is 6.42 Å². The minimum Gasteiger partial charge on any atom is -0.494 e. The van der Waals surface area contributed by atoms with Crippen molar-refractivity contribution in [3.8, 4) is 28.4 Å². The van der Waals surface area contributed by atoms with Gasteiger partial charge >= 0.3 is 11.9 Å². The summed E-state index contributed by atoms with van der Waals surface area (Å²) in [7, 11) is 0. The molecule has 3 aromatic carbocycles. The number of hydrogen-bond acceptors (Lipinski definition) is 8. The molecule has 0 atom stereocenters. The molecule has 0 spiro atoms. The molecule has 3 rings (SSSR count). The molecule has 0 saturated heterocycles. The standard InChI is InChI=1S/C31H29FO8/c1-3-26(33)21-36-17-4-18-37-27-13-9-25(10-14-27)31(35)40-29-15-7-24(8-16-29)23-5-11-28(12-6-23)38-19-20-39-30(34)22(2)32/h3,5-16H,1-2,4,17-21H2. The van der Waals surface area contributed by atoms with Gasteiger partial charge in [0.05, 0.1) is 18.8 Å². The maximum atomic E-state index is 12.6. The minimum absolute atomic E-state index is 0.0102. The Morgan fingerprint density at radius 3 is 1.85 bits per heavy atom. The van der Waals surface area contributed by atoms with Crippen LogP contribution in [-0.2, 0) is 19.1 Å². The Morgan fingerprint density at radius 1 is 0.725 bits per heavy atom. The fourth-order valence-electron chi connectivity index (χ4n) is 3.27. The molecule has 0 saturated carbocycles. The van der Waals surface area contributed by atoms with Crippen LogP contribution in [-0.4, -0.2) is 50.8 Å². The summed E-state index contributed by atoms with van der Waals surface area (Å²) in [4.78, 5) is 34.6. The SMILES string of the molecule is C=CC(=O)COCCCOc1ccc(C(=O)Oc2ccc(-c3ccc(OCCOC(=O)C(=C)F)cc3)cc2)cc1. The van der Waals surface area contributed by atoms with E-state index in [0.717, 1.165) is 11.1 Å². The third-order valence-electron chi connectivity index (χ3n) is 5.32. The molecule has 0 heterocycles. The van der Waals surface area contributed by atoms with Crippen LogP contribution in [0.1, 0.15) is 16.8 Å². The molecule has 40 heavy (non-hydrogen) atoms. The van der Waals surface area contributed by atoms with Crippen molar-refractivity contribution < 1.29 is 42.5 Å². The highest BCUT2D eigenvalue weighted by Gasteiger charge is 2.10. The normalized spacial score (nSPS) is 10.3. The van der Waals surface area contributed by atoms with E-state index < -0.39 is 17.8 Å². The topological polar surface area (TPSA) is 97.4 Å². The van der Waals surface area contributed by atoms with Crippen LogP contribution in [0.3, 0.4) is 0 Å². The van der Waals surface area contributed by atoms with Crippen molar-refractivity contribution in [3.63, 3.8) is 0 Å². The highest BCUT2D eigenvalue weighted by atomic mass is 19.1. The van der Waals surface area contributed by atoms with Crippen LogP contribution in [0.15, 0.2) is 97.9 Å². The number of carbonyl (C=O) groups excluding carboxylic acids is 3. The lowest BCUT2D eigenvalue weighted by atomic mass is 10.1. The molecular formula is C31H29FO8. The first-order valence-electron chi connectivity index (χ1n) is 12.4. The van der Waals surface area contributed by atoms with Gasteiger partial charge in [0.2, 0.25) is 5.83 Å². The molecule has 0 unspecified atom stereocenters. The number of benzene rings is 3. The van der Waals surface area contributed by atoms with Gasteiger partial charge < -0.3 is 23.7 Å². The summed E-state index contributed by atoms with van der Waals surface area (Å²) in [5.74, 6) is -1.36. The molecule has 0 fully saturated rings. The minimum atomic E-state index is -1.15.